The van der Waals surface area contributed by atoms with Crippen LogP contribution in [-0.2, 0) is 12.7 Å². The number of pyridine rings is 1. The topological polar surface area (TPSA) is 67.1 Å². The standard InChI is InChI=1S/C20H17F3N6/c1-24-10-15-19(29-9-3-2-4-18(29)28-15)16-11-25-12-17(27-16)26-14-7-5-13(6-8-14)20(21,22)23/h2-9,11-12,24H,10H2,1H3,(H,26,27). The summed E-state index contributed by atoms with van der Waals surface area (Å²) in [7, 11) is 1.84. The molecule has 148 valence electrons. The second-order valence-electron chi connectivity index (χ2n) is 6.36. The number of imidazole rings is 1. The highest BCUT2D eigenvalue weighted by atomic mass is 19.4. The van der Waals surface area contributed by atoms with Crippen molar-refractivity contribution in [1.29, 1.82) is 0 Å². The van der Waals surface area contributed by atoms with Crippen LogP contribution in [0.5, 0.6) is 0 Å². The number of aromatic nitrogens is 4. The van der Waals surface area contributed by atoms with Crippen molar-refractivity contribution in [3.8, 4) is 11.4 Å². The molecule has 0 aliphatic rings. The molecule has 0 spiro atoms. The zero-order valence-corrected chi connectivity index (χ0v) is 15.4. The number of hydrogen-bond donors (Lipinski definition) is 2. The quantitative estimate of drug-likeness (QED) is 0.526. The van der Waals surface area contributed by atoms with Crippen LogP contribution in [0, 0.1) is 0 Å². The normalized spacial score (nSPS) is 11.7. The lowest BCUT2D eigenvalue weighted by atomic mass is 10.2. The van der Waals surface area contributed by atoms with Crippen molar-refractivity contribution in [2.45, 2.75) is 12.7 Å². The fourth-order valence-corrected chi connectivity index (χ4v) is 3.04. The van der Waals surface area contributed by atoms with Crippen LogP contribution in [0.4, 0.5) is 24.7 Å². The average Bonchev–Trinajstić information content (AvgIpc) is 3.06. The van der Waals surface area contributed by atoms with Crippen LogP contribution < -0.4 is 10.6 Å². The van der Waals surface area contributed by atoms with Gasteiger partial charge in [-0.05, 0) is 43.4 Å². The first kappa shape index (κ1) is 18.9. The highest BCUT2D eigenvalue weighted by molar-refractivity contribution is 5.66. The predicted molar refractivity (Wildman–Crippen MR) is 104 cm³/mol. The van der Waals surface area contributed by atoms with Crippen molar-refractivity contribution in [3.05, 3.63) is 72.3 Å². The third-order valence-electron chi connectivity index (χ3n) is 4.31. The van der Waals surface area contributed by atoms with Gasteiger partial charge in [-0.1, -0.05) is 6.07 Å². The van der Waals surface area contributed by atoms with E-state index < -0.39 is 11.7 Å². The Kier molecular flexibility index (Phi) is 4.89. The van der Waals surface area contributed by atoms with E-state index >= 15 is 0 Å². The molecule has 9 heteroatoms. The van der Waals surface area contributed by atoms with Gasteiger partial charge in [-0.25, -0.2) is 9.97 Å². The molecule has 0 unspecified atom stereocenters. The van der Waals surface area contributed by atoms with Crippen molar-refractivity contribution in [2.24, 2.45) is 0 Å². The Morgan fingerprint density at radius 3 is 2.52 bits per heavy atom. The molecular weight excluding hydrogens is 381 g/mol. The molecular formula is C20H17F3N6. The highest BCUT2D eigenvalue weighted by Gasteiger charge is 2.29. The van der Waals surface area contributed by atoms with Gasteiger partial charge >= 0.3 is 6.18 Å². The van der Waals surface area contributed by atoms with Crippen LogP contribution in [0.2, 0.25) is 0 Å². The van der Waals surface area contributed by atoms with E-state index in [0.29, 0.717) is 23.7 Å². The molecule has 0 aliphatic carbocycles. The first-order valence-electron chi connectivity index (χ1n) is 8.83. The number of halogens is 3. The second kappa shape index (κ2) is 7.51. The second-order valence-corrected chi connectivity index (χ2v) is 6.36. The summed E-state index contributed by atoms with van der Waals surface area (Å²) in [5.41, 5.74) is 2.79. The average molecular weight is 398 g/mol. The number of nitrogens with zero attached hydrogens (tertiary/aromatic N) is 4. The SMILES string of the molecule is CNCc1nc2ccccn2c1-c1cncc(Nc2ccc(C(F)(F)F)cc2)n1. The first-order chi connectivity index (χ1) is 14.0. The molecule has 0 aliphatic heterocycles. The zero-order chi connectivity index (χ0) is 20.4. The smallest absolute Gasteiger partial charge is 0.339 e. The van der Waals surface area contributed by atoms with E-state index in [1.807, 2.05) is 35.8 Å². The minimum atomic E-state index is -4.37. The Morgan fingerprint density at radius 2 is 1.79 bits per heavy atom. The van der Waals surface area contributed by atoms with Crippen LogP contribution in [-0.4, -0.2) is 26.4 Å². The molecule has 3 aromatic heterocycles. The monoisotopic (exact) mass is 398 g/mol. The molecule has 3 heterocycles. The van der Waals surface area contributed by atoms with E-state index in [1.54, 1.807) is 6.20 Å². The molecule has 0 radical (unpaired) electrons. The third-order valence-corrected chi connectivity index (χ3v) is 4.31. The van der Waals surface area contributed by atoms with Crippen molar-refractivity contribution in [1.82, 2.24) is 24.7 Å². The fourth-order valence-electron chi connectivity index (χ4n) is 3.04. The maximum Gasteiger partial charge on any atom is 0.416 e. The fraction of sp³-hybridized carbons (Fsp3) is 0.150. The number of anilines is 2. The van der Waals surface area contributed by atoms with Crippen molar-refractivity contribution >= 4 is 17.2 Å². The maximum absolute atomic E-state index is 12.7. The van der Waals surface area contributed by atoms with Crippen LogP contribution in [0.15, 0.2) is 61.1 Å². The van der Waals surface area contributed by atoms with Crippen molar-refractivity contribution < 1.29 is 13.2 Å². The number of rotatable bonds is 5. The Bertz CT molecular complexity index is 1140. The Morgan fingerprint density at radius 1 is 1.00 bits per heavy atom. The largest absolute Gasteiger partial charge is 0.416 e. The molecule has 0 saturated carbocycles. The van der Waals surface area contributed by atoms with E-state index in [4.69, 9.17) is 0 Å². The van der Waals surface area contributed by atoms with E-state index in [2.05, 4.69) is 25.6 Å². The molecule has 0 atom stereocenters. The lowest BCUT2D eigenvalue weighted by Gasteiger charge is -2.10. The molecule has 29 heavy (non-hydrogen) atoms. The molecule has 0 bridgehead atoms. The number of benzene rings is 1. The zero-order valence-electron chi connectivity index (χ0n) is 15.4. The van der Waals surface area contributed by atoms with Gasteiger partial charge in [-0.15, -0.1) is 0 Å². The molecule has 2 N–H and O–H groups in total. The Labute approximate surface area is 164 Å². The van der Waals surface area contributed by atoms with E-state index in [-0.39, 0.29) is 0 Å². The lowest BCUT2D eigenvalue weighted by Crippen LogP contribution is -2.07. The summed E-state index contributed by atoms with van der Waals surface area (Å²) < 4.78 is 40.1. The summed E-state index contributed by atoms with van der Waals surface area (Å²) in [4.78, 5) is 13.5. The number of alkyl halides is 3. The Balaban J connectivity index is 1.68. The molecule has 4 aromatic rings. The summed E-state index contributed by atoms with van der Waals surface area (Å²) >= 11 is 0. The van der Waals surface area contributed by atoms with Crippen molar-refractivity contribution in [2.75, 3.05) is 12.4 Å². The van der Waals surface area contributed by atoms with Gasteiger partial charge in [0.05, 0.1) is 29.3 Å². The summed E-state index contributed by atoms with van der Waals surface area (Å²) in [5, 5.41) is 6.09. The predicted octanol–water partition coefficient (Wildman–Crippen LogP) is 4.27. The number of hydrogen-bond acceptors (Lipinski definition) is 5. The van der Waals surface area contributed by atoms with Crippen molar-refractivity contribution in [3.63, 3.8) is 0 Å². The highest BCUT2D eigenvalue weighted by Crippen LogP contribution is 2.30. The number of nitrogens with one attached hydrogen (secondary N) is 2. The van der Waals surface area contributed by atoms with Crippen LogP contribution in [0.3, 0.4) is 0 Å². The molecule has 0 fully saturated rings. The van der Waals surface area contributed by atoms with Gasteiger partial charge in [0.1, 0.15) is 17.2 Å². The minimum absolute atomic E-state index is 0.420. The van der Waals surface area contributed by atoms with Gasteiger partial charge in [-0.2, -0.15) is 13.2 Å². The van der Waals surface area contributed by atoms with E-state index in [1.165, 1.54) is 18.3 Å². The Hall–Kier alpha value is -3.46. The first-order valence-corrected chi connectivity index (χ1v) is 8.83. The van der Waals surface area contributed by atoms with Gasteiger partial charge in [0.15, 0.2) is 0 Å². The summed E-state index contributed by atoms with van der Waals surface area (Å²) in [5.74, 6) is 0.420. The summed E-state index contributed by atoms with van der Waals surface area (Å²) in [6, 6.07) is 10.5. The summed E-state index contributed by atoms with van der Waals surface area (Å²) in [6.45, 7) is 0.551. The minimum Gasteiger partial charge on any atom is -0.339 e. The van der Waals surface area contributed by atoms with Gasteiger partial charge in [-0.3, -0.25) is 9.38 Å². The maximum atomic E-state index is 12.7. The third kappa shape index (κ3) is 3.90. The molecule has 1 aromatic carbocycles. The molecule has 0 saturated heterocycles. The van der Waals surface area contributed by atoms with Crippen LogP contribution in [0.25, 0.3) is 17.0 Å². The van der Waals surface area contributed by atoms with Gasteiger partial charge < -0.3 is 10.6 Å². The summed E-state index contributed by atoms with van der Waals surface area (Å²) in [6.07, 6.45) is 0.676. The number of fused-ring (bicyclic) bond motifs is 1. The van der Waals surface area contributed by atoms with Gasteiger partial charge in [0.25, 0.3) is 0 Å². The van der Waals surface area contributed by atoms with E-state index in [9.17, 15) is 13.2 Å². The van der Waals surface area contributed by atoms with Crippen LogP contribution in [0.1, 0.15) is 11.3 Å². The van der Waals surface area contributed by atoms with Gasteiger partial charge in [0, 0.05) is 18.4 Å². The lowest BCUT2D eigenvalue weighted by molar-refractivity contribution is -0.137. The van der Waals surface area contributed by atoms with E-state index in [0.717, 1.165) is 29.2 Å². The molecule has 4 rings (SSSR count). The molecule has 6 nitrogen and oxygen atoms in total. The van der Waals surface area contributed by atoms with Crippen LogP contribution >= 0.6 is 0 Å². The molecule has 0 amide bonds. The van der Waals surface area contributed by atoms with Gasteiger partial charge in [0.2, 0.25) is 0 Å².